The van der Waals surface area contributed by atoms with Crippen LogP contribution >= 0.6 is 0 Å². The van der Waals surface area contributed by atoms with Crippen molar-refractivity contribution in [1.29, 1.82) is 0 Å². The summed E-state index contributed by atoms with van der Waals surface area (Å²) in [6, 6.07) is 2.31. The zero-order valence-corrected chi connectivity index (χ0v) is 9.57. The molecule has 0 bridgehead atoms. The summed E-state index contributed by atoms with van der Waals surface area (Å²) in [5.41, 5.74) is 0.442. The van der Waals surface area contributed by atoms with Crippen molar-refractivity contribution in [3.05, 3.63) is 42.2 Å². The van der Waals surface area contributed by atoms with Gasteiger partial charge in [-0.1, -0.05) is 0 Å². The molecule has 0 saturated carbocycles. The van der Waals surface area contributed by atoms with Crippen LogP contribution in [-0.4, -0.2) is 21.6 Å². The first-order chi connectivity index (χ1) is 8.50. The largest absolute Gasteiger partial charge is 0.433 e. The minimum absolute atomic E-state index is 0.540. The van der Waals surface area contributed by atoms with E-state index < -0.39 is 11.9 Å². The molecule has 2 rings (SSSR count). The molecule has 18 heavy (non-hydrogen) atoms. The van der Waals surface area contributed by atoms with Gasteiger partial charge in [0, 0.05) is 12.7 Å². The third-order valence-electron chi connectivity index (χ3n) is 2.33. The predicted molar refractivity (Wildman–Crippen MR) is 59.1 cm³/mol. The zero-order chi connectivity index (χ0) is 13.2. The highest BCUT2D eigenvalue weighted by molar-refractivity contribution is 5.30. The Kier molecular flexibility index (Phi) is 3.33. The monoisotopic (exact) mass is 256 g/mol. The topological polar surface area (TPSA) is 42.7 Å². The number of pyridine rings is 1. The first kappa shape index (κ1) is 12.6. The number of alkyl halides is 3. The smallest absolute Gasteiger partial charge is 0.314 e. The summed E-state index contributed by atoms with van der Waals surface area (Å²) >= 11 is 0. The molecule has 2 heterocycles. The number of rotatable bonds is 3. The Labute approximate surface area is 101 Å². The number of hydrogen-bond acceptors (Lipinski definition) is 3. The highest BCUT2D eigenvalue weighted by Crippen LogP contribution is 2.27. The van der Waals surface area contributed by atoms with Gasteiger partial charge in [0.1, 0.15) is 5.69 Å². The van der Waals surface area contributed by atoms with E-state index in [9.17, 15) is 13.2 Å². The second kappa shape index (κ2) is 4.77. The summed E-state index contributed by atoms with van der Waals surface area (Å²) in [4.78, 5) is 7.50. The van der Waals surface area contributed by atoms with Crippen molar-refractivity contribution in [3.63, 3.8) is 0 Å². The van der Waals surface area contributed by atoms with E-state index in [1.165, 1.54) is 18.6 Å². The molecule has 0 aliphatic heterocycles. The fraction of sp³-hybridized carbons (Fsp3) is 0.273. The van der Waals surface area contributed by atoms with Crippen molar-refractivity contribution in [1.82, 2.24) is 19.9 Å². The fourth-order valence-corrected chi connectivity index (χ4v) is 1.48. The highest BCUT2D eigenvalue weighted by atomic mass is 19.4. The molecule has 7 heteroatoms. The average molecular weight is 256 g/mol. The highest BCUT2D eigenvalue weighted by Gasteiger charge is 2.32. The molecule has 0 aromatic carbocycles. The number of imidazole rings is 1. The molecule has 0 amide bonds. The van der Waals surface area contributed by atoms with Crippen molar-refractivity contribution >= 4 is 0 Å². The molecule has 0 radical (unpaired) electrons. The van der Waals surface area contributed by atoms with Crippen LogP contribution in [0.2, 0.25) is 0 Å². The van der Waals surface area contributed by atoms with E-state index in [-0.39, 0.29) is 0 Å². The summed E-state index contributed by atoms with van der Waals surface area (Å²) in [7, 11) is 1.79. The Morgan fingerprint density at radius 1 is 1.28 bits per heavy atom. The molecule has 0 fully saturated rings. The van der Waals surface area contributed by atoms with Gasteiger partial charge in [-0.25, -0.2) is 9.97 Å². The quantitative estimate of drug-likeness (QED) is 0.913. The normalized spacial score (nSPS) is 11.8. The maximum Gasteiger partial charge on any atom is 0.433 e. The van der Waals surface area contributed by atoms with Gasteiger partial charge in [-0.05, 0) is 19.2 Å². The lowest BCUT2D eigenvalue weighted by molar-refractivity contribution is -0.141. The molecular weight excluding hydrogens is 245 g/mol. The lowest BCUT2D eigenvalue weighted by Gasteiger charge is -2.06. The predicted octanol–water partition coefficient (Wildman–Crippen LogP) is 2.01. The van der Waals surface area contributed by atoms with Crippen molar-refractivity contribution in [2.45, 2.75) is 12.7 Å². The van der Waals surface area contributed by atoms with Crippen LogP contribution in [-0.2, 0) is 12.7 Å². The molecule has 0 aliphatic carbocycles. The summed E-state index contributed by atoms with van der Waals surface area (Å²) in [5.74, 6) is 0. The Hall–Kier alpha value is -1.89. The van der Waals surface area contributed by atoms with Gasteiger partial charge < -0.3 is 9.88 Å². The van der Waals surface area contributed by atoms with E-state index >= 15 is 0 Å². The van der Waals surface area contributed by atoms with Gasteiger partial charge in [-0.15, -0.1) is 0 Å². The third kappa shape index (κ3) is 2.67. The number of aromatic nitrogens is 3. The summed E-state index contributed by atoms with van der Waals surface area (Å²) < 4.78 is 38.6. The minimum Gasteiger partial charge on any atom is -0.314 e. The zero-order valence-electron chi connectivity index (χ0n) is 9.57. The lowest BCUT2D eigenvalue weighted by Crippen LogP contribution is -2.08. The van der Waals surface area contributed by atoms with Crippen molar-refractivity contribution in [2.24, 2.45) is 0 Å². The Balaban J connectivity index is 2.23. The van der Waals surface area contributed by atoms with Gasteiger partial charge in [0.05, 0.1) is 23.9 Å². The minimum atomic E-state index is -4.41. The first-order valence-corrected chi connectivity index (χ1v) is 5.22. The van der Waals surface area contributed by atoms with E-state index in [0.717, 1.165) is 11.8 Å². The average Bonchev–Trinajstić information content (AvgIpc) is 2.77. The summed E-state index contributed by atoms with van der Waals surface area (Å²) in [6.07, 6.45) is 0.0378. The molecule has 0 spiro atoms. The van der Waals surface area contributed by atoms with Crippen molar-refractivity contribution in [2.75, 3.05) is 7.05 Å². The van der Waals surface area contributed by atoms with Gasteiger partial charge in [-0.3, -0.25) is 0 Å². The van der Waals surface area contributed by atoms with E-state index in [2.05, 4.69) is 15.3 Å². The molecule has 2 aromatic rings. The summed E-state index contributed by atoms with van der Waals surface area (Å²) in [6.45, 7) is 0.598. The van der Waals surface area contributed by atoms with E-state index in [1.54, 1.807) is 17.8 Å². The third-order valence-corrected chi connectivity index (χ3v) is 2.33. The van der Waals surface area contributed by atoms with Crippen LogP contribution in [0.15, 0.2) is 30.9 Å². The molecular formula is C11H11F3N4. The number of nitrogens with one attached hydrogen (secondary N) is 1. The second-order valence-electron chi connectivity index (χ2n) is 3.70. The van der Waals surface area contributed by atoms with Gasteiger partial charge in [0.25, 0.3) is 0 Å². The van der Waals surface area contributed by atoms with Gasteiger partial charge >= 0.3 is 6.18 Å². The fourth-order valence-electron chi connectivity index (χ4n) is 1.48. The maximum absolute atomic E-state index is 12.3. The molecule has 0 saturated heterocycles. The van der Waals surface area contributed by atoms with Crippen molar-refractivity contribution < 1.29 is 13.2 Å². The van der Waals surface area contributed by atoms with Crippen LogP contribution in [0.1, 0.15) is 11.4 Å². The maximum atomic E-state index is 12.3. The molecule has 0 aliphatic rings. The lowest BCUT2D eigenvalue weighted by atomic mass is 10.3. The van der Waals surface area contributed by atoms with Crippen LogP contribution in [0, 0.1) is 0 Å². The number of halogens is 3. The van der Waals surface area contributed by atoms with Crippen molar-refractivity contribution in [3.8, 4) is 5.69 Å². The van der Waals surface area contributed by atoms with E-state index in [4.69, 9.17) is 0 Å². The first-order valence-electron chi connectivity index (χ1n) is 5.22. The van der Waals surface area contributed by atoms with Gasteiger partial charge in [0.15, 0.2) is 0 Å². The molecule has 0 atom stereocenters. The van der Waals surface area contributed by atoms with E-state index in [1.807, 2.05) is 0 Å². The Bertz CT molecular complexity index is 516. The van der Waals surface area contributed by atoms with Crippen LogP contribution in [0.25, 0.3) is 5.69 Å². The molecule has 96 valence electrons. The van der Waals surface area contributed by atoms with Crippen LogP contribution in [0.4, 0.5) is 13.2 Å². The van der Waals surface area contributed by atoms with Gasteiger partial charge in [-0.2, -0.15) is 13.2 Å². The molecule has 2 aromatic heterocycles. The van der Waals surface area contributed by atoms with Crippen LogP contribution < -0.4 is 5.32 Å². The molecule has 4 nitrogen and oxygen atoms in total. The number of nitrogens with zero attached hydrogens (tertiary/aromatic N) is 3. The van der Waals surface area contributed by atoms with Gasteiger partial charge in [0.2, 0.25) is 0 Å². The van der Waals surface area contributed by atoms with E-state index in [0.29, 0.717) is 12.2 Å². The standard InChI is InChI=1S/C11H11F3N4/c1-15-4-8-6-18(7-17-8)9-2-3-10(16-5-9)11(12,13)14/h2-3,5-7,15H,4H2,1H3. The Morgan fingerprint density at radius 3 is 2.61 bits per heavy atom. The van der Waals surface area contributed by atoms with Crippen LogP contribution in [0.5, 0.6) is 0 Å². The van der Waals surface area contributed by atoms with Crippen LogP contribution in [0.3, 0.4) is 0 Å². The SMILES string of the molecule is CNCc1cn(-c2ccc(C(F)(F)F)nc2)cn1. The second-order valence-corrected chi connectivity index (χ2v) is 3.70. The number of hydrogen-bond donors (Lipinski definition) is 1. The Morgan fingerprint density at radius 2 is 2.06 bits per heavy atom. The molecule has 1 N–H and O–H groups in total. The summed E-state index contributed by atoms with van der Waals surface area (Å²) in [5, 5.41) is 2.94. The molecule has 0 unspecified atom stereocenters.